The molecule has 0 spiro atoms. The molecule has 4 heteroatoms. The monoisotopic (exact) mass is 325 g/mol. The van der Waals surface area contributed by atoms with E-state index in [2.05, 4.69) is 12.2 Å². The summed E-state index contributed by atoms with van der Waals surface area (Å²) in [6.45, 7) is 4.12. The Bertz CT molecular complexity index is 615. The minimum atomic E-state index is -0.219. The van der Waals surface area contributed by atoms with Crippen LogP contribution < -0.4 is 5.32 Å². The van der Waals surface area contributed by atoms with Crippen LogP contribution in [0.1, 0.15) is 43.5 Å². The van der Waals surface area contributed by atoms with E-state index >= 15 is 0 Å². The Labute approximate surface area is 135 Å². The average molecular weight is 326 g/mol. The van der Waals surface area contributed by atoms with Crippen LogP contribution >= 0.6 is 23.2 Å². The van der Waals surface area contributed by atoms with Crippen molar-refractivity contribution < 1.29 is 4.39 Å². The summed E-state index contributed by atoms with van der Waals surface area (Å²) < 4.78 is 13.3. The topological polar surface area (TPSA) is 12.0 Å². The van der Waals surface area contributed by atoms with Crippen LogP contribution in [0.5, 0.6) is 0 Å². The third-order valence-electron chi connectivity index (χ3n) is 3.55. The van der Waals surface area contributed by atoms with Crippen LogP contribution in [0.4, 0.5) is 4.39 Å². The second-order valence-corrected chi connectivity index (χ2v) is 5.89. The van der Waals surface area contributed by atoms with Crippen molar-refractivity contribution in [1.29, 1.82) is 0 Å². The highest BCUT2D eigenvalue weighted by Gasteiger charge is 2.15. The zero-order valence-corrected chi connectivity index (χ0v) is 13.5. The minimum absolute atomic E-state index is 0.0418. The minimum Gasteiger partial charge on any atom is -0.303 e. The summed E-state index contributed by atoms with van der Waals surface area (Å²) in [4.78, 5) is 0. The summed E-state index contributed by atoms with van der Waals surface area (Å²) in [5.41, 5.74) is 2.00. The number of nitrogens with one attached hydrogen (secondary N) is 1. The maximum atomic E-state index is 13.3. The maximum absolute atomic E-state index is 13.3. The molecule has 0 saturated carbocycles. The van der Waals surface area contributed by atoms with E-state index in [9.17, 15) is 4.39 Å². The number of halogens is 3. The predicted octanol–water partition coefficient (Wildman–Crippen LogP) is 5.93. The van der Waals surface area contributed by atoms with Crippen molar-refractivity contribution in [2.75, 3.05) is 0 Å². The van der Waals surface area contributed by atoms with Gasteiger partial charge in [0.1, 0.15) is 5.82 Å². The molecule has 0 heterocycles. The van der Waals surface area contributed by atoms with Crippen LogP contribution in [0.2, 0.25) is 10.0 Å². The van der Waals surface area contributed by atoms with E-state index in [-0.39, 0.29) is 17.9 Å². The molecule has 2 atom stereocenters. The van der Waals surface area contributed by atoms with Gasteiger partial charge < -0.3 is 5.32 Å². The number of hydrogen-bond donors (Lipinski definition) is 1. The summed E-state index contributed by atoms with van der Waals surface area (Å²) >= 11 is 12.0. The fraction of sp³-hybridized carbons (Fsp3) is 0.294. The molecule has 1 N–H and O–H groups in total. The number of rotatable bonds is 5. The molecule has 1 unspecified atom stereocenters. The molecule has 1 nitrogen and oxygen atoms in total. The quantitative estimate of drug-likeness (QED) is 0.717. The van der Waals surface area contributed by atoms with Crippen LogP contribution in [0.25, 0.3) is 0 Å². The Morgan fingerprint density at radius 3 is 2.43 bits per heavy atom. The summed E-state index contributed by atoms with van der Waals surface area (Å²) in [6.07, 6.45) is 0.900. The molecule has 0 fully saturated rings. The summed E-state index contributed by atoms with van der Waals surface area (Å²) in [5, 5.41) is 4.60. The summed E-state index contributed by atoms with van der Waals surface area (Å²) in [7, 11) is 0. The maximum Gasteiger partial charge on any atom is 0.123 e. The van der Waals surface area contributed by atoms with Gasteiger partial charge in [-0.15, -0.1) is 0 Å². The van der Waals surface area contributed by atoms with E-state index in [0.29, 0.717) is 10.0 Å². The standard InChI is InChI=1S/C17H18Cl2FN/c1-3-17(13-7-8-15(18)16(19)10-13)21-11(2)12-5-4-6-14(20)9-12/h4-11,17,21H,3H2,1-2H3/t11-,17?/m1/s1. The van der Waals surface area contributed by atoms with Gasteiger partial charge in [-0.05, 0) is 48.7 Å². The lowest BCUT2D eigenvalue weighted by Crippen LogP contribution is -2.24. The van der Waals surface area contributed by atoms with Crippen molar-refractivity contribution in [2.24, 2.45) is 0 Å². The van der Waals surface area contributed by atoms with Crippen molar-refractivity contribution in [2.45, 2.75) is 32.4 Å². The first-order valence-corrected chi connectivity index (χ1v) is 7.73. The Kier molecular flexibility index (Phi) is 5.63. The van der Waals surface area contributed by atoms with E-state index < -0.39 is 0 Å². The molecule has 0 aliphatic rings. The SMILES string of the molecule is CCC(N[C@H](C)c1cccc(F)c1)c1ccc(Cl)c(Cl)c1. The highest BCUT2D eigenvalue weighted by Crippen LogP contribution is 2.28. The average Bonchev–Trinajstić information content (AvgIpc) is 2.47. The predicted molar refractivity (Wildman–Crippen MR) is 87.4 cm³/mol. The van der Waals surface area contributed by atoms with Crippen LogP contribution in [0, 0.1) is 5.82 Å². The van der Waals surface area contributed by atoms with Gasteiger partial charge in [0.05, 0.1) is 10.0 Å². The summed E-state index contributed by atoms with van der Waals surface area (Å²) in [6, 6.07) is 12.5. The van der Waals surface area contributed by atoms with Crippen LogP contribution in [0.15, 0.2) is 42.5 Å². The van der Waals surface area contributed by atoms with Crippen molar-refractivity contribution in [3.8, 4) is 0 Å². The van der Waals surface area contributed by atoms with Gasteiger partial charge in [0.2, 0.25) is 0 Å². The van der Waals surface area contributed by atoms with Crippen molar-refractivity contribution in [3.05, 3.63) is 69.5 Å². The van der Waals surface area contributed by atoms with E-state index in [4.69, 9.17) is 23.2 Å². The van der Waals surface area contributed by atoms with Crippen LogP contribution in [0.3, 0.4) is 0 Å². The van der Waals surface area contributed by atoms with Gasteiger partial charge in [-0.1, -0.05) is 48.3 Å². The lowest BCUT2D eigenvalue weighted by Gasteiger charge is -2.23. The van der Waals surface area contributed by atoms with Gasteiger partial charge in [-0.2, -0.15) is 0 Å². The Balaban J connectivity index is 2.16. The molecule has 0 saturated heterocycles. The molecule has 0 amide bonds. The molecule has 0 radical (unpaired) electrons. The van der Waals surface area contributed by atoms with E-state index in [1.54, 1.807) is 18.2 Å². The lowest BCUT2D eigenvalue weighted by molar-refractivity contribution is 0.455. The van der Waals surface area contributed by atoms with Gasteiger partial charge >= 0.3 is 0 Å². The third kappa shape index (κ3) is 4.19. The molecule has 2 aromatic rings. The van der Waals surface area contributed by atoms with Gasteiger partial charge in [-0.25, -0.2) is 4.39 Å². The molecule has 0 aliphatic carbocycles. The molecule has 0 bridgehead atoms. The molecule has 2 rings (SSSR count). The van der Waals surface area contributed by atoms with Gasteiger partial charge in [-0.3, -0.25) is 0 Å². The zero-order valence-electron chi connectivity index (χ0n) is 12.0. The Morgan fingerprint density at radius 1 is 1.05 bits per heavy atom. The number of hydrogen-bond acceptors (Lipinski definition) is 1. The molecule has 112 valence electrons. The molecule has 0 aromatic heterocycles. The molecule has 0 aliphatic heterocycles. The first-order chi connectivity index (χ1) is 10.0. The van der Waals surface area contributed by atoms with Crippen LogP contribution in [-0.2, 0) is 0 Å². The lowest BCUT2D eigenvalue weighted by atomic mass is 10.0. The number of benzene rings is 2. The van der Waals surface area contributed by atoms with Crippen molar-refractivity contribution in [3.63, 3.8) is 0 Å². The Hall–Kier alpha value is -1.09. The van der Waals surface area contributed by atoms with Gasteiger partial charge in [0.25, 0.3) is 0 Å². The highest BCUT2D eigenvalue weighted by molar-refractivity contribution is 6.42. The van der Waals surface area contributed by atoms with E-state index in [1.165, 1.54) is 6.07 Å². The second-order valence-electron chi connectivity index (χ2n) is 5.08. The van der Waals surface area contributed by atoms with Gasteiger partial charge in [0.15, 0.2) is 0 Å². The molecular formula is C17H18Cl2FN. The smallest absolute Gasteiger partial charge is 0.123 e. The molecule has 21 heavy (non-hydrogen) atoms. The highest BCUT2D eigenvalue weighted by atomic mass is 35.5. The van der Waals surface area contributed by atoms with Crippen molar-refractivity contribution in [1.82, 2.24) is 5.32 Å². The normalized spacial score (nSPS) is 14.0. The zero-order chi connectivity index (χ0) is 15.4. The van der Waals surface area contributed by atoms with E-state index in [1.807, 2.05) is 25.1 Å². The second kappa shape index (κ2) is 7.26. The fourth-order valence-electron chi connectivity index (χ4n) is 2.35. The molecule has 2 aromatic carbocycles. The molecular weight excluding hydrogens is 308 g/mol. The Morgan fingerprint density at radius 2 is 1.81 bits per heavy atom. The van der Waals surface area contributed by atoms with Crippen LogP contribution in [-0.4, -0.2) is 0 Å². The van der Waals surface area contributed by atoms with Crippen molar-refractivity contribution >= 4 is 23.2 Å². The first-order valence-electron chi connectivity index (χ1n) is 6.97. The largest absolute Gasteiger partial charge is 0.303 e. The summed E-state index contributed by atoms with van der Waals surface area (Å²) in [5.74, 6) is -0.219. The fourth-order valence-corrected chi connectivity index (χ4v) is 2.66. The third-order valence-corrected chi connectivity index (χ3v) is 4.29. The van der Waals surface area contributed by atoms with E-state index in [0.717, 1.165) is 17.5 Å². The van der Waals surface area contributed by atoms with Gasteiger partial charge in [0, 0.05) is 12.1 Å². The first kappa shape index (κ1) is 16.3.